The molecule has 0 aliphatic carbocycles. The molecule has 1 atom stereocenters. The first kappa shape index (κ1) is 25.7. The summed E-state index contributed by atoms with van der Waals surface area (Å²) in [4.78, 5) is 16.4. The summed E-state index contributed by atoms with van der Waals surface area (Å²) in [5.41, 5.74) is 10.3. The van der Waals surface area contributed by atoms with Crippen LogP contribution in [-0.4, -0.2) is 21.5 Å². The minimum atomic E-state index is -0.540. The molecular formula is C23H30Cl2N4O. The monoisotopic (exact) mass is 448 g/mol. The van der Waals surface area contributed by atoms with Crippen LogP contribution in [0.4, 0.5) is 0 Å². The van der Waals surface area contributed by atoms with E-state index in [1.165, 1.54) is 5.56 Å². The number of hydrogen-bond donors (Lipinski definition) is 2. The van der Waals surface area contributed by atoms with Crippen LogP contribution in [0.3, 0.4) is 0 Å². The number of halogens is 2. The van der Waals surface area contributed by atoms with Gasteiger partial charge in [-0.1, -0.05) is 69.3 Å². The van der Waals surface area contributed by atoms with Crippen LogP contribution in [0.15, 0.2) is 67.3 Å². The fourth-order valence-electron chi connectivity index (χ4n) is 3.02. The fraction of sp³-hybridized carbons (Fsp3) is 0.304. The fourth-order valence-corrected chi connectivity index (χ4v) is 3.02. The van der Waals surface area contributed by atoms with Crippen molar-refractivity contribution in [1.29, 1.82) is 0 Å². The molecule has 162 valence electrons. The van der Waals surface area contributed by atoms with Gasteiger partial charge in [-0.05, 0) is 27.7 Å². The zero-order chi connectivity index (χ0) is 20.1. The van der Waals surface area contributed by atoms with E-state index in [-0.39, 0.29) is 36.1 Å². The number of aromatic nitrogens is 2. The molecule has 0 aliphatic heterocycles. The number of nitrogens with one attached hydrogen (secondary N) is 1. The van der Waals surface area contributed by atoms with Crippen molar-refractivity contribution in [2.75, 3.05) is 0 Å². The van der Waals surface area contributed by atoms with Crippen LogP contribution < -0.4 is 11.1 Å². The zero-order valence-electron chi connectivity index (χ0n) is 17.5. The van der Waals surface area contributed by atoms with Gasteiger partial charge >= 0.3 is 0 Å². The van der Waals surface area contributed by atoms with E-state index < -0.39 is 6.04 Å². The molecule has 0 aliphatic rings. The van der Waals surface area contributed by atoms with E-state index in [0.717, 1.165) is 23.2 Å². The third kappa shape index (κ3) is 6.59. The Morgan fingerprint density at radius 1 is 1.10 bits per heavy atom. The van der Waals surface area contributed by atoms with Gasteiger partial charge in [-0.2, -0.15) is 0 Å². The third-order valence-electron chi connectivity index (χ3n) is 4.88. The summed E-state index contributed by atoms with van der Waals surface area (Å²) in [6, 6.07) is 16.1. The molecular weight excluding hydrogens is 419 g/mol. The van der Waals surface area contributed by atoms with Crippen molar-refractivity contribution in [1.82, 2.24) is 14.9 Å². The van der Waals surface area contributed by atoms with Crippen molar-refractivity contribution in [3.05, 3.63) is 78.4 Å². The van der Waals surface area contributed by atoms with Crippen molar-refractivity contribution < 1.29 is 4.79 Å². The van der Waals surface area contributed by atoms with Crippen molar-refractivity contribution >= 4 is 30.7 Å². The number of hydrogen-bond acceptors (Lipinski definition) is 3. The van der Waals surface area contributed by atoms with Crippen molar-refractivity contribution in [2.45, 2.75) is 39.9 Å². The number of rotatable bonds is 6. The van der Waals surface area contributed by atoms with Crippen LogP contribution in [0.1, 0.15) is 31.9 Å². The van der Waals surface area contributed by atoms with Gasteiger partial charge in [-0.25, -0.2) is 4.98 Å². The molecule has 3 N–H and O–H groups in total. The van der Waals surface area contributed by atoms with Crippen molar-refractivity contribution in [2.24, 2.45) is 11.1 Å². The highest BCUT2D eigenvalue weighted by molar-refractivity contribution is 5.85. The average molecular weight is 449 g/mol. The third-order valence-corrected chi connectivity index (χ3v) is 4.88. The maximum atomic E-state index is 12.4. The standard InChI is InChI=1S/C23H28N4O.2ClH/c1-23(2,3)21(24)22(28)26-14-19-6-4-5-7-20(19)18-10-8-17(9-11-18)15-27-13-12-25-16-27;;/h4-13,16,21H,14-15,24H2,1-3H3,(H,26,28);2*1H/t21-;;/m1../s1. The molecule has 5 nitrogen and oxygen atoms in total. The summed E-state index contributed by atoms with van der Waals surface area (Å²) < 4.78 is 2.04. The van der Waals surface area contributed by atoms with E-state index >= 15 is 0 Å². The molecule has 3 rings (SSSR count). The van der Waals surface area contributed by atoms with Crippen LogP contribution in [0.25, 0.3) is 11.1 Å². The first-order chi connectivity index (χ1) is 13.3. The molecule has 7 heteroatoms. The predicted octanol–water partition coefficient (Wildman–Crippen LogP) is 4.43. The predicted molar refractivity (Wildman–Crippen MR) is 127 cm³/mol. The summed E-state index contributed by atoms with van der Waals surface area (Å²) in [5.74, 6) is -0.127. The topological polar surface area (TPSA) is 72.9 Å². The molecule has 0 unspecified atom stereocenters. The summed E-state index contributed by atoms with van der Waals surface area (Å²) in [6.07, 6.45) is 5.55. The molecule has 0 spiro atoms. The SMILES string of the molecule is CC(C)(C)[C@H](N)C(=O)NCc1ccccc1-c1ccc(Cn2ccnc2)cc1.Cl.Cl. The van der Waals surface area contributed by atoms with Crippen LogP contribution in [-0.2, 0) is 17.9 Å². The van der Waals surface area contributed by atoms with Gasteiger partial charge in [0, 0.05) is 25.5 Å². The highest BCUT2D eigenvalue weighted by Gasteiger charge is 2.27. The Hall–Kier alpha value is -2.34. The van der Waals surface area contributed by atoms with Crippen LogP contribution in [0.2, 0.25) is 0 Å². The Morgan fingerprint density at radius 3 is 2.37 bits per heavy atom. The summed E-state index contributed by atoms with van der Waals surface area (Å²) in [5, 5.41) is 2.98. The number of amides is 1. The number of benzene rings is 2. The van der Waals surface area contributed by atoms with Gasteiger partial charge in [0.1, 0.15) is 0 Å². The lowest BCUT2D eigenvalue weighted by Gasteiger charge is -2.26. The Morgan fingerprint density at radius 2 is 1.77 bits per heavy atom. The summed E-state index contributed by atoms with van der Waals surface area (Å²) in [6.45, 7) is 7.15. The quantitative estimate of drug-likeness (QED) is 0.585. The minimum absolute atomic E-state index is 0. The second kappa shape index (κ2) is 11.2. The number of carbonyl (C=O) groups is 1. The molecule has 0 bridgehead atoms. The number of nitrogens with zero attached hydrogens (tertiary/aromatic N) is 2. The zero-order valence-corrected chi connectivity index (χ0v) is 19.2. The van der Waals surface area contributed by atoms with E-state index in [0.29, 0.717) is 6.54 Å². The Bertz CT molecular complexity index is 919. The second-order valence-electron chi connectivity index (χ2n) is 8.15. The van der Waals surface area contributed by atoms with Gasteiger partial charge in [0.25, 0.3) is 0 Å². The molecule has 0 saturated heterocycles. The maximum Gasteiger partial charge on any atom is 0.237 e. The Kier molecular flexibility index (Phi) is 9.56. The van der Waals surface area contributed by atoms with E-state index in [9.17, 15) is 4.79 Å². The first-order valence-corrected chi connectivity index (χ1v) is 9.51. The molecule has 2 aromatic carbocycles. The van der Waals surface area contributed by atoms with E-state index in [1.54, 1.807) is 6.20 Å². The van der Waals surface area contributed by atoms with E-state index in [2.05, 4.69) is 40.6 Å². The average Bonchev–Trinajstić information content (AvgIpc) is 3.19. The summed E-state index contributed by atoms with van der Waals surface area (Å²) in [7, 11) is 0. The lowest BCUT2D eigenvalue weighted by molar-refractivity contribution is -0.124. The largest absolute Gasteiger partial charge is 0.351 e. The van der Waals surface area contributed by atoms with Gasteiger partial charge in [0.2, 0.25) is 5.91 Å². The minimum Gasteiger partial charge on any atom is -0.351 e. The summed E-state index contributed by atoms with van der Waals surface area (Å²) >= 11 is 0. The van der Waals surface area contributed by atoms with E-state index in [1.807, 2.05) is 56.1 Å². The van der Waals surface area contributed by atoms with Gasteiger partial charge in [-0.15, -0.1) is 24.8 Å². The molecule has 1 amide bonds. The van der Waals surface area contributed by atoms with Crippen molar-refractivity contribution in [3.8, 4) is 11.1 Å². The molecule has 1 heterocycles. The lowest BCUT2D eigenvalue weighted by Crippen LogP contribution is -2.48. The first-order valence-electron chi connectivity index (χ1n) is 9.51. The Balaban J connectivity index is 0.00000225. The Labute approximate surface area is 190 Å². The molecule has 0 radical (unpaired) electrons. The molecule has 30 heavy (non-hydrogen) atoms. The number of imidazole rings is 1. The van der Waals surface area contributed by atoms with Crippen LogP contribution in [0.5, 0.6) is 0 Å². The van der Waals surface area contributed by atoms with Gasteiger partial charge in [0.05, 0.1) is 12.4 Å². The highest BCUT2D eigenvalue weighted by atomic mass is 35.5. The highest BCUT2D eigenvalue weighted by Crippen LogP contribution is 2.25. The van der Waals surface area contributed by atoms with Crippen molar-refractivity contribution in [3.63, 3.8) is 0 Å². The second-order valence-corrected chi connectivity index (χ2v) is 8.15. The lowest BCUT2D eigenvalue weighted by atomic mass is 9.87. The maximum absolute atomic E-state index is 12.4. The van der Waals surface area contributed by atoms with E-state index in [4.69, 9.17) is 5.73 Å². The van der Waals surface area contributed by atoms with Crippen LogP contribution >= 0.6 is 24.8 Å². The molecule has 1 aromatic heterocycles. The smallest absolute Gasteiger partial charge is 0.237 e. The number of nitrogens with two attached hydrogens (primary N) is 1. The molecule has 0 saturated carbocycles. The van der Waals surface area contributed by atoms with Gasteiger partial charge < -0.3 is 15.6 Å². The van der Waals surface area contributed by atoms with Crippen LogP contribution in [0, 0.1) is 5.41 Å². The van der Waals surface area contributed by atoms with Gasteiger partial charge in [-0.3, -0.25) is 4.79 Å². The molecule has 3 aromatic rings. The normalized spacial score (nSPS) is 11.7. The molecule has 0 fully saturated rings. The van der Waals surface area contributed by atoms with Gasteiger partial charge in [0.15, 0.2) is 0 Å². The number of carbonyl (C=O) groups excluding carboxylic acids is 1.